The highest BCUT2D eigenvalue weighted by Crippen LogP contribution is 1.75. The minimum absolute atomic E-state index is 0.761. The van der Waals surface area contributed by atoms with Crippen molar-refractivity contribution < 1.29 is 9.37 Å². The molecule has 0 rings (SSSR count). The first kappa shape index (κ1) is 6.20. The molecular weight excluding hydrogens is 94.9 g/mol. The molecule has 0 fully saturated rings. The van der Waals surface area contributed by atoms with Crippen molar-refractivity contribution in [1.29, 1.82) is 0 Å². The third kappa shape index (κ3) is 4.20. The quantitative estimate of drug-likeness (QED) is 0.478. The van der Waals surface area contributed by atoms with E-state index in [1.54, 1.807) is 0 Å². The normalized spacial score (nSPS) is 9.33. The fourth-order valence-corrected chi connectivity index (χ4v) is 0.365. The van der Waals surface area contributed by atoms with E-state index in [0.29, 0.717) is 0 Å². The van der Waals surface area contributed by atoms with Gasteiger partial charge in [0.15, 0.2) is 9.04 Å². The Balaban J connectivity index is 2.63. The first-order chi connectivity index (χ1) is 2.77. The molecule has 0 saturated heterocycles. The maximum absolute atomic E-state index is 7.92. The zero-order valence-corrected chi connectivity index (χ0v) is 5.16. The van der Waals surface area contributed by atoms with E-state index in [9.17, 15) is 0 Å². The monoisotopic (exact) mass is 103 g/mol. The van der Waals surface area contributed by atoms with Crippen molar-refractivity contribution in [1.82, 2.24) is 0 Å². The van der Waals surface area contributed by atoms with Gasteiger partial charge in [-0.05, 0) is 13.1 Å². The van der Waals surface area contributed by atoms with Gasteiger partial charge in [-0.15, -0.1) is 0 Å². The third-order valence-electron chi connectivity index (χ3n) is 0.333. The molecular formula is C2H8BO2Si. The number of rotatable bonds is 2. The molecule has 6 heavy (non-hydrogen) atoms. The lowest BCUT2D eigenvalue weighted by atomic mass is 10.4. The van der Waals surface area contributed by atoms with E-state index in [0.717, 1.165) is 7.69 Å². The Hall–Kier alpha value is 0.202. The van der Waals surface area contributed by atoms with Crippen molar-refractivity contribution in [3.05, 3.63) is 0 Å². The maximum Gasteiger partial charge on any atom is 0.473 e. The van der Waals surface area contributed by atoms with Crippen LogP contribution in [0, 0.1) is 0 Å². The highest BCUT2D eigenvalue weighted by Gasteiger charge is 1.91. The molecule has 0 unspecified atom stereocenters. The summed E-state index contributed by atoms with van der Waals surface area (Å²) in [5.41, 5.74) is 0. The van der Waals surface area contributed by atoms with Crippen LogP contribution in [0.4, 0.5) is 0 Å². The fourth-order valence-electron chi connectivity index (χ4n) is 0.122. The summed E-state index contributed by atoms with van der Waals surface area (Å²) in [5, 5.41) is 7.92. The second-order valence-corrected chi connectivity index (χ2v) is 3.66. The highest BCUT2D eigenvalue weighted by molar-refractivity contribution is 6.54. The molecule has 0 aliphatic heterocycles. The summed E-state index contributed by atoms with van der Waals surface area (Å²) in [6.07, 6.45) is 0. The molecule has 0 aromatic carbocycles. The third-order valence-corrected chi connectivity index (χ3v) is 0.999. The Morgan fingerprint density at radius 2 is 2.17 bits per heavy atom. The molecule has 0 amide bonds. The summed E-state index contributed by atoms with van der Waals surface area (Å²) in [5.74, 6) is 0. The summed E-state index contributed by atoms with van der Waals surface area (Å²) >= 11 is 0. The van der Waals surface area contributed by atoms with Gasteiger partial charge < -0.3 is 9.37 Å². The summed E-state index contributed by atoms with van der Waals surface area (Å²) in [7, 11) is -0.215. The molecule has 0 heterocycles. The predicted octanol–water partition coefficient (Wildman–Crippen LogP) is -0.487. The fraction of sp³-hybridized carbons (Fsp3) is 1.00. The topological polar surface area (TPSA) is 29.5 Å². The average molecular weight is 103 g/mol. The maximum atomic E-state index is 7.92. The minimum Gasteiger partial charge on any atom is -0.458 e. The summed E-state index contributed by atoms with van der Waals surface area (Å²) in [4.78, 5) is 0. The van der Waals surface area contributed by atoms with Crippen molar-refractivity contribution in [2.24, 2.45) is 0 Å². The Morgan fingerprint density at radius 1 is 1.67 bits per heavy atom. The Labute approximate surface area is 40.2 Å². The van der Waals surface area contributed by atoms with E-state index in [1.165, 1.54) is 0 Å². The van der Waals surface area contributed by atoms with Gasteiger partial charge in [-0.2, -0.15) is 0 Å². The molecule has 0 bridgehead atoms. The second kappa shape index (κ2) is 3.39. The molecule has 35 valence electrons. The van der Waals surface area contributed by atoms with Gasteiger partial charge in [0.05, 0.1) is 0 Å². The zero-order valence-electron chi connectivity index (χ0n) is 4.01. The molecule has 0 aliphatic rings. The van der Waals surface area contributed by atoms with Crippen LogP contribution >= 0.6 is 0 Å². The standard InChI is InChI=1S/C2H8BO2Si/c1-6(2)5-3-4/h4,6H,1-2H3. The Morgan fingerprint density at radius 3 is 2.17 bits per heavy atom. The van der Waals surface area contributed by atoms with Gasteiger partial charge in [0.2, 0.25) is 0 Å². The first-order valence-electron chi connectivity index (χ1n) is 1.88. The first-order valence-corrected chi connectivity index (χ1v) is 4.67. The Bertz CT molecular complexity index is 32.7. The molecule has 1 N–H and O–H groups in total. The Kier molecular flexibility index (Phi) is 3.51. The van der Waals surface area contributed by atoms with Crippen LogP contribution in [-0.4, -0.2) is 21.7 Å². The predicted molar refractivity (Wildman–Crippen MR) is 27.9 cm³/mol. The molecule has 0 aromatic heterocycles. The van der Waals surface area contributed by atoms with Gasteiger partial charge in [-0.1, -0.05) is 0 Å². The van der Waals surface area contributed by atoms with Crippen molar-refractivity contribution in [2.45, 2.75) is 13.1 Å². The molecule has 2 nitrogen and oxygen atoms in total. The van der Waals surface area contributed by atoms with E-state index in [4.69, 9.17) is 5.02 Å². The van der Waals surface area contributed by atoms with Crippen LogP contribution in [0.3, 0.4) is 0 Å². The lowest BCUT2D eigenvalue weighted by molar-refractivity contribution is 0.463. The van der Waals surface area contributed by atoms with E-state index >= 15 is 0 Å². The SMILES string of the molecule is C[SiH](C)O[B]O. The van der Waals surface area contributed by atoms with Crippen molar-refractivity contribution in [3.8, 4) is 0 Å². The summed E-state index contributed by atoms with van der Waals surface area (Å²) in [6.45, 7) is 3.96. The highest BCUT2D eigenvalue weighted by atomic mass is 28.3. The summed E-state index contributed by atoms with van der Waals surface area (Å²) in [6, 6.07) is 0. The molecule has 0 spiro atoms. The van der Waals surface area contributed by atoms with Gasteiger partial charge in [-0.3, -0.25) is 0 Å². The van der Waals surface area contributed by atoms with E-state index < -0.39 is 9.04 Å². The van der Waals surface area contributed by atoms with Gasteiger partial charge >= 0.3 is 7.69 Å². The van der Waals surface area contributed by atoms with Gasteiger partial charge in [-0.25, -0.2) is 0 Å². The van der Waals surface area contributed by atoms with Crippen LogP contribution in [0.25, 0.3) is 0 Å². The molecule has 1 radical (unpaired) electrons. The van der Waals surface area contributed by atoms with Crippen LogP contribution in [-0.2, 0) is 4.34 Å². The van der Waals surface area contributed by atoms with Crippen LogP contribution in [0.15, 0.2) is 0 Å². The smallest absolute Gasteiger partial charge is 0.458 e. The minimum atomic E-state index is -0.976. The van der Waals surface area contributed by atoms with Gasteiger partial charge in [0.1, 0.15) is 0 Å². The van der Waals surface area contributed by atoms with Crippen LogP contribution in [0.2, 0.25) is 13.1 Å². The summed E-state index contributed by atoms with van der Waals surface area (Å²) < 4.78 is 4.61. The molecule has 0 aliphatic carbocycles. The largest absolute Gasteiger partial charge is 0.473 e. The molecule has 0 saturated carbocycles. The van der Waals surface area contributed by atoms with Gasteiger partial charge in [0.25, 0.3) is 0 Å². The number of hydrogen-bond donors (Lipinski definition) is 1. The molecule has 0 aromatic rings. The lowest BCUT2D eigenvalue weighted by Crippen LogP contribution is -2.10. The zero-order chi connectivity index (χ0) is 4.99. The average Bonchev–Trinajstić information content (AvgIpc) is 1.35. The van der Waals surface area contributed by atoms with Crippen LogP contribution in [0.5, 0.6) is 0 Å². The molecule has 4 heteroatoms. The number of hydrogen-bond acceptors (Lipinski definition) is 2. The lowest BCUT2D eigenvalue weighted by Gasteiger charge is -1.96. The van der Waals surface area contributed by atoms with Crippen LogP contribution < -0.4 is 0 Å². The van der Waals surface area contributed by atoms with Gasteiger partial charge in [0, 0.05) is 0 Å². The van der Waals surface area contributed by atoms with Crippen molar-refractivity contribution in [2.75, 3.05) is 0 Å². The van der Waals surface area contributed by atoms with Crippen molar-refractivity contribution >= 4 is 16.7 Å². The molecule has 0 atom stereocenters. The second-order valence-electron chi connectivity index (χ2n) is 1.29. The van der Waals surface area contributed by atoms with E-state index in [1.807, 2.05) is 13.1 Å². The van der Waals surface area contributed by atoms with E-state index in [-0.39, 0.29) is 0 Å². The van der Waals surface area contributed by atoms with Crippen LogP contribution in [0.1, 0.15) is 0 Å². The van der Waals surface area contributed by atoms with Crippen molar-refractivity contribution in [3.63, 3.8) is 0 Å². The van der Waals surface area contributed by atoms with E-state index in [2.05, 4.69) is 4.34 Å².